The van der Waals surface area contributed by atoms with Gasteiger partial charge in [-0.05, 0) is 55.4 Å². The molecule has 0 bridgehead atoms. The zero-order chi connectivity index (χ0) is 16.6. The summed E-state index contributed by atoms with van der Waals surface area (Å²) >= 11 is 1.38. The van der Waals surface area contributed by atoms with Gasteiger partial charge in [0, 0.05) is 13.2 Å². The molecule has 0 spiro atoms. The fraction of sp³-hybridized carbons (Fsp3) is 0.750. The third-order valence-corrected chi connectivity index (χ3v) is 5.34. The second-order valence-electron chi connectivity index (χ2n) is 6.28. The first-order valence-electron chi connectivity index (χ1n) is 8.76. The topological polar surface area (TPSA) is 81.9 Å². The Bertz CT molecular complexity index is 569. The molecule has 2 aliphatic rings. The Labute approximate surface area is 146 Å². The van der Waals surface area contributed by atoms with E-state index in [1.165, 1.54) is 43.0 Å². The van der Waals surface area contributed by atoms with Crippen molar-refractivity contribution >= 4 is 17.7 Å². The Morgan fingerprint density at radius 1 is 1.42 bits per heavy atom. The van der Waals surface area contributed by atoms with E-state index < -0.39 is 0 Å². The SMILES string of the molecule is O=C(CSc1nnnn1CC1CCCO1)NCCC1=CCCCC1. The van der Waals surface area contributed by atoms with Gasteiger partial charge in [-0.25, -0.2) is 4.68 Å². The number of aromatic nitrogens is 4. The van der Waals surface area contributed by atoms with E-state index in [-0.39, 0.29) is 12.0 Å². The van der Waals surface area contributed by atoms with Crippen LogP contribution in [0.1, 0.15) is 44.9 Å². The molecule has 1 saturated heterocycles. The molecule has 132 valence electrons. The lowest BCUT2D eigenvalue weighted by Gasteiger charge is -2.13. The van der Waals surface area contributed by atoms with E-state index in [9.17, 15) is 4.79 Å². The first-order chi connectivity index (χ1) is 11.8. The number of allylic oxidation sites excluding steroid dienone is 1. The van der Waals surface area contributed by atoms with E-state index in [1.807, 2.05) is 0 Å². The van der Waals surface area contributed by atoms with Crippen molar-refractivity contribution in [2.45, 2.75) is 62.8 Å². The third-order valence-electron chi connectivity index (χ3n) is 4.39. The summed E-state index contributed by atoms with van der Waals surface area (Å²) in [7, 11) is 0. The van der Waals surface area contributed by atoms with Crippen molar-refractivity contribution in [2.75, 3.05) is 18.9 Å². The third kappa shape index (κ3) is 5.31. The van der Waals surface area contributed by atoms with Crippen LogP contribution in [0.4, 0.5) is 0 Å². The van der Waals surface area contributed by atoms with Crippen molar-refractivity contribution in [3.8, 4) is 0 Å². The molecular formula is C16H25N5O2S. The Hall–Kier alpha value is -1.41. The quantitative estimate of drug-likeness (QED) is 0.569. The summed E-state index contributed by atoms with van der Waals surface area (Å²) in [5.74, 6) is 0.369. The average Bonchev–Trinajstić information content (AvgIpc) is 3.26. The number of tetrazole rings is 1. The molecule has 3 rings (SSSR count). The molecule has 1 aliphatic carbocycles. The van der Waals surface area contributed by atoms with Crippen molar-refractivity contribution in [3.63, 3.8) is 0 Å². The summed E-state index contributed by atoms with van der Waals surface area (Å²) in [6.07, 6.45) is 10.6. The molecule has 1 N–H and O–H groups in total. The largest absolute Gasteiger partial charge is 0.376 e. The van der Waals surface area contributed by atoms with Crippen LogP contribution in [0.5, 0.6) is 0 Å². The molecule has 1 aromatic rings. The number of hydrogen-bond acceptors (Lipinski definition) is 6. The smallest absolute Gasteiger partial charge is 0.230 e. The van der Waals surface area contributed by atoms with Crippen molar-refractivity contribution in [2.24, 2.45) is 0 Å². The van der Waals surface area contributed by atoms with Crippen LogP contribution >= 0.6 is 11.8 Å². The zero-order valence-corrected chi connectivity index (χ0v) is 14.8. The van der Waals surface area contributed by atoms with E-state index in [1.54, 1.807) is 4.68 Å². The van der Waals surface area contributed by atoms with Gasteiger partial charge < -0.3 is 10.1 Å². The molecular weight excluding hydrogens is 326 g/mol. The Morgan fingerprint density at radius 2 is 2.38 bits per heavy atom. The van der Waals surface area contributed by atoms with Crippen LogP contribution in [-0.4, -0.2) is 51.1 Å². The maximum atomic E-state index is 12.0. The second kappa shape index (κ2) is 9.17. The standard InChI is InChI=1S/C16H25N5O2S/c22-15(17-9-8-13-5-2-1-3-6-13)12-24-16-18-19-20-21(16)11-14-7-4-10-23-14/h5,14H,1-4,6-12H2,(H,17,22). The minimum atomic E-state index is 0.0306. The highest BCUT2D eigenvalue weighted by Gasteiger charge is 2.19. The number of carbonyl (C=O) groups is 1. The molecule has 1 aromatic heterocycles. The number of nitrogens with one attached hydrogen (secondary N) is 1. The Balaban J connectivity index is 1.36. The van der Waals surface area contributed by atoms with E-state index in [0.29, 0.717) is 24.0 Å². The highest BCUT2D eigenvalue weighted by atomic mass is 32.2. The predicted octanol–water partition coefficient (Wildman–Crippen LogP) is 1.95. The molecule has 0 radical (unpaired) electrons. The van der Waals surface area contributed by atoms with Gasteiger partial charge in [-0.1, -0.05) is 23.4 Å². The summed E-state index contributed by atoms with van der Waals surface area (Å²) in [5, 5.41) is 15.4. The van der Waals surface area contributed by atoms with Crippen LogP contribution in [0.25, 0.3) is 0 Å². The van der Waals surface area contributed by atoms with Gasteiger partial charge in [-0.15, -0.1) is 5.10 Å². The minimum Gasteiger partial charge on any atom is -0.376 e. The number of carbonyl (C=O) groups excluding carboxylic acids is 1. The molecule has 1 fully saturated rings. The van der Waals surface area contributed by atoms with Crippen LogP contribution in [-0.2, 0) is 16.1 Å². The van der Waals surface area contributed by atoms with Crippen LogP contribution in [0.3, 0.4) is 0 Å². The molecule has 24 heavy (non-hydrogen) atoms. The van der Waals surface area contributed by atoms with E-state index >= 15 is 0 Å². The molecule has 1 amide bonds. The van der Waals surface area contributed by atoms with E-state index in [4.69, 9.17) is 4.74 Å². The van der Waals surface area contributed by atoms with Crippen LogP contribution in [0.15, 0.2) is 16.8 Å². The lowest BCUT2D eigenvalue weighted by molar-refractivity contribution is -0.118. The molecule has 0 aromatic carbocycles. The molecule has 1 aliphatic heterocycles. The van der Waals surface area contributed by atoms with Gasteiger partial charge >= 0.3 is 0 Å². The summed E-state index contributed by atoms with van der Waals surface area (Å²) in [5.41, 5.74) is 1.48. The fourth-order valence-electron chi connectivity index (χ4n) is 3.07. The Morgan fingerprint density at radius 3 is 3.17 bits per heavy atom. The summed E-state index contributed by atoms with van der Waals surface area (Å²) in [4.78, 5) is 12.0. The highest BCUT2D eigenvalue weighted by Crippen LogP contribution is 2.20. The normalized spacial score (nSPS) is 20.8. The van der Waals surface area contributed by atoms with Gasteiger partial charge in [0.2, 0.25) is 11.1 Å². The van der Waals surface area contributed by atoms with Gasteiger partial charge in [0.15, 0.2) is 0 Å². The van der Waals surface area contributed by atoms with Crippen molar-refractivity contribution in [3.05, 3.63) is 11.6 Å². The second-order valence-corrected chi connectivity index (χ2v) is 7.22. The molecule has 7 nitrogen and oxygen atoms in total. The number of amides is 1. The first-order valence-corrected chi connectivity index (χ1v) is 9.75. The van der Waals surface area contributed by atoms with Gasteiger partial charge in [-0.3, -0.25) is 4.79 Å². The summed E-state index contributed by atoms with van der Waals surface area (Å²) in [6.45, 7) is 2.19. The molecule has 8 heteroatoms. The van der Waals surface area contributed by atoms with Crippen LogP contribution < -0.4 is 5.32 Å². The predicted molar refractivity (Wildman–Crippen MR) is 91.7 cm³/mol. The zero-order valence-electron chi connectivity index (χ0n) is 13.9. The monoisotopic (exact) mass is 351 g/mol. The summed E-state index contributed by atoms with van der Waals surface area (Å²) in [6, 6.07) is 0. The lowest BCUT2D eigenvalue weighted by atomic mass is 9.97. The lowest BCUT2D eigenvalue weighted by Crippen LogP contribution is -2.26. The van der Waals surface area contributed by atoms with Crippen molar-refractivity contribution < 1.29 is 9.53 Å². The van der Waals surface area contributed by atoms with Crippen LogP contribution in [0, 0.1) is 0 Å². The number of thioether (sulfide) groups is 1. The maximum Gasteiger partial charge on any atom is 0.230 e. The van der Waals surface area contributed by atoms with E-state index in [0.717, 1.165) is 25.9 Å². The Kier molecular flexibility index (Phi) is 6.66. The molecule has 0 saturated carbocycles. The number of ether oxygens (including phenoxy) is 1. The maximum absolute atomic E-state index is 12.0. The fourth-order valence-corrected chi connectivity index (χ4v) is 3.79. The molecule has 1 unspecified atom stereocenters. The summed E-state index contributed by atoms with van der Waals surface area (Å²) < 4.78 is 7.34. The number of rotatable bonds is 8. The minimum absolute atomic E-state index is 0.0306. The molecule has 1 atom stereocenters. The average molecular weight is 351 g/mol. The first kappa shape index (κ1) is 17.4. The number of hydrogen-bond donors (Lipinski definition) is 1. The highest BCUT2D eigenvalue weighted by molar-refractivity contribution is 7.99. The van der Waals surface area contributed by atoms with Crippen LogP contribution in [0.2, 0.25) is 0 Å². The van der Waals surface area contributed by atoms with Crippen molar-refractivity contribution in [1.82, 2.24) is 25.5 Å². The molecule has 2 heterocycles. The van der Waals surface area contributed by atoms with Crippen molar-refractivity contribution in [1.29, 1.82) is 0 Å². The van der Waals surface area contributed by atoms with E-state index in [2.05, 4.69) is 26.9 Å². The van der Waals surface area contributed by atoms with Gasteiger partial charge in [0.1, 0.15) is 0 Å². The van der Waals surface area contributed by atoms with Gasteiger partial charge in [-0.2, -0.15) is 0 Å². The van der Waals surface area contributed by atoms with Gasteiger partial charge in [0.05, 0.1) is 18.4 Å². The number of nitrogens with zero attached hydrogens (tertiary/aromatic N) is 4. The van der Waals surface area contributed by atoms with Gasteiger partial charge in [0.25, 0.3) is 0 Å².